The zero-order valence-corrected chi connectivity index (χ0v) is 14.2. The molecule has 0 radical (unpaired) electrons. The van der Waals surface area contributed by atoms with E-state index in [0.29, 0.717) is 37.6 Å². The molecule has 0 unspecified atom stereocenters. The summed E-state index contributed by atoms with van der Waals surface area (Å²) in [6.45, 7) is 9.05. The first-order chi connectivity index (χ1) is 9.84. The molecule has 8 heteroatoms. The average molecular weight is 318 g/mol. The number of nitrogens with one attached hydrogen (secondary N) is 2. The smallest absolute Gasteiger partial charge is 0.246 e. The molecule has 0 aliphatic rings. The van der Waals surface area contributed by atoms with E-state index in [0.717, 1.165) is 0 Å². The van der Waals surface area contributed by atoms with Crippen molar-refractivity contribution in [3.05, 3.63) is 11.4 Å². The summed E-state index contributed by atoms with van der Waals surface area (Å²) in [5, 5.41) is 10.1. The van der Waals surface area contributed by atoms with Gasteiger partial charge in [-0.25, -0.2) is 8.42 Å². The van der Waals surface area contributed by atoms with Crippen LogP contribution >= 0.6 is 0 Å². The molecule has 0 aromatic carbocycles. The van der Waals surface area contributed by atoms with E-state index in [9.17, 15) is 8.42 Å². The number of sulfonamides is 1. The molecule has 0 saturated heterocycles. The van der Waals surface area contributed by atoms with Crippen molar-refractivity contribution in [1.82, 2.24) is 19.8 Å². The van der Waals surface area contributed by atoms with E-state index in [1.165, 1.54) is 4.31 Å². The zero-order valence-electron chi connectivity index (χ0n) is 13.4. The molecule has 1 aromatic heterocycles. The van der Waals surface area contributed by atoms with Crippen LogP contribution < -0.4 is 5.32 Å². The van der Waals surface area contributed by atoms with Gasteiger partial charge in [-0.3, -0.25) is 5.10 Å². The minimum absolute atomic E-state index is 0.258. The monoisotopic (exact) mass is 318 g/mol. The molecule has 1 heterocycles. The Balaban J connectivity index is 3.08. The Morgan fingerprint density at radius 2 is 2.10 bits per heavy atom. The first kappa shape index (κ1) is 18.1. The van der Waals surface area contributed by atoms with Gasteiger partial charge in [0, 0.05) is 32.8 Å². The number of rotatable bonds is 9. The molecule has 1 aromatic rings. The summed E-state index contributed by atoms with van der Waals surface area (Å²) in [7, 11) is -2.01. The number of likely N-dealkylation sites (N-methyl/N-ethyl adjacent to an activating group) is 1. The number of aryl methyl sites for hydroxylation is 1. The SMILES string of the molecule is CCN(CCOC)S(=O)(=O)c1c(CNC(C)C)n[nH]c1C. The number of nitrogens with zero attached hydrogens (tertiary/aromatic N) is 2. The van der Waals surface area contributed by atoms with Crippen LogP contribution in [0.2, 0.25) is 0 Å². The molecule has 0 fully saturated rings. The number of hydrogen-bond donors (Lipinski definition) is 2. The third-order valence-electron chi connectivity index (χ3n) is 3.13. The number of hydrogen-bond acceptors (Lipinski definition) is 5. The summed E-state index contributed by atoms with van der Waals surface area (Å²) in [6.07, 6.45) is 0. The second kappa shape index (κ2) is 7.88. The molecule has 122 valence electrons. The van der Waals surface area contributed by atoms with Gasteiger partial charge in [-0.1, -0.05) is 20.8 Å². The predicted octanol–water partition coefficient (Wildman–Crippen LogP) is 0.873. The molecule has 0 bridgehead atoms. The summed E-state index contributed by atoms with van der Waals surface area (Å²) in [5.41, 5.74) is 1.09. The van der Waals surface area contributed by atoms with E-state index in [2.05, 4.69) is 15.5 Å². The average Bonchev–Trinajstić information content (AvgIpc) is 2.78. The van der Waals surface area contributed by atoms with Crippen molar-refractivity contribution in [2.24, 2.45) is 0 Å². The number of aromatic amines is 1. The topological polar surface area (TPSA) is 87.3 Å². The molecule has 2 N–H and O–H groups in total. The fourth-order valence-corrected chi connectivity index (χ4v) is 3.76. The molecule has 0 amide bonds. The lowest BCUT2D eigenvalue weighted by Gasteiger charge is -2.20. The number of aromatic nitrogens is 2. The van der Waals surface area contributed by atoms with Crippen LogP contribution in [0.4, 0.5) is 0 Å². The minimum atomic E-state index is -3.57. The molecule has 0 spiro atoms. The lowest BCUT2D eigenvalue weighted by molar-refractivity contribution is 0.180. The third kappa shape index (κ3) is 4.50. The Labute approximate surface area is 127 Å². The van der Waals surface area contributed by atoms with Crippen molar-refractivity contribution in [2.75, 3.05) is 26.8 Å². The van der Waals surface area contributed by atoms with E-state index in [1.807, 2.05) is 20.8 Å². The van der Waals surface area contributed by atoms with Gasteiger partial charge >= 0.3 is 0 Å². The Morgan fingerprint density at radius 1 is 1.43 bits per heavy atom. The molecular formula is C13H26N4O3S. The Bertz CT molecular complexity index is 540. The largest absolute Gasteiger partial charge is 0.383 e. The van der Waals surface area contributed by atoms with Crippen LogP contribution in [0.25, 0.3) is 0 Å². The Morgan fingerprint density at radius 3 is 2.62 bits per heavy atom. The second-order valence-electron chi connectivity index (χ2n) is 5.15. The van der Waals surface area contributed by atoms with Crippen molar-refractivity contribution in [3.8, 4) is 0 Å². The van der Waals surface area contributed by atoms with Gasteiger partial charge in [-0.2, -0.15) is 9.40 Å². The zero-order chi connectivity index (χ0) is 16.0. The quantitative estimate of drug-likeness (QED) is 0.705. The van der Waals surface area contributed by atoms with Crippen LogP contribution in [-0.4, -0.2) is 55.8 Å². The van der Waals surface area contributed by atoms with Gasteiger partial charge in [0.25, 0.3) is 0 Å². The summed E-state index contributed by atoms with van der Waals surface area (Å²) in [4.78, 5) is 0.272. The van der Waals surface area contributed by atoms with Gasteiger partial charge in [-0.15, -0.1) is 0 Å². The molecule has 7 nitrogen and oxygen atoms in total. The standard InChI is InChI=1S/C13H26N4O3S/c1-6-17(7-8-20-5)21(18,19)13-11(4)15-16-12(13)9-14-10(2)3/h10,14H,6-9H2,1-5H3,(H,15,16). The summed E-state index contributed by atoms with van der Waals surface area (Å²) < 4.78 is 32.0. The highest BCUT2D eigenvalue weighted by molar-refractivity contribution is 7.89. The van der Waals surface area contributed by atoms with Gasteiger partial charge in [0.15, 0.2) is 0 Å². The fraction of sp³-hybridized carbons (Fsp3) is 0.769. The lowest BCUT2D eigenvalue weighted by atomic mass is 10.3. The van der Waals surface area contributed by atoms with Gasteiger partial charge in [0.1, 0.15) is 4.90 Å². The summed E-state index contributed by atoms with van der Waals surface area (Å²) in [6, 6.07) is 0.258. The van der Waals surface area contributed by atoms with E-state index >= 15 is 0 Å². The molecule has 21 heavy (non-hydrogen) atoms. The third-order valence-corrected chi connectivity index (χ3v) is 5.31. The molecule has 0 saturated carbocycles. The van der Waals surface area contributed by atoms with Crippen molar-refractivity contribution in [3.63, 3.8) is 0 Å². The minimum Gasteiger partial charge on any atom is -0.383 e. The van der Waals surface area contributed by atoms with Gasteiger partial charge < -0.3 is 10.1 Å². The molecule has 1 rings (SSSR count). The van der Waals surface area contributed by atoms with Gasteiger partial charge in [0.2, 0.25) is 10.0 Å². The van der Waals surface area contributed by atoms with Crippen LogP contribution in [0.3, 0.4) is 0 Å². The van der Waals surface area contributed by atoms with Crippen molar-refractivity contribution < 1.29 is 13.2 Å². The van der Waals surface area contributed by atoms with Gasteiger partial charge in [0.05, 0.1) is 18.0 Å². The Hall–Kier alpha value is -0.960. The van der Waals surface area contributed by atoms with Crippen LogP contribution in [-0.2, 0) is 21.3 Å². The maximum atomic E-state index is 12.8. The maximum absolute atomic E-state index is 12.8. The summed E-state index contributed by atoms with van der Waals surface area (Å²) >= 11 is 0. The molecule has 0 atom stereocenters. The van der Waals surface area contributed by atoms with E-state index in [1.54, 1.807) is 14.0 Å². The van der Waals surface area contributed by atoms with Crippen LogP contribution in [0.5, 0.6) is 0 Å². The van der Waals surface area contributed by atoms with Crippen LogP contribution in [0, 0.1) is 6.92 Å². The molecular weight excluding hydrogens is 292 g/mol. The van der Waals surface area contributed by atoms with Gasteiger partial charge in [-0.05, 0) is 6.92 Å². The van der Waals surface area contributed by atoms with E-state index in [4.69, 9.17) is 4.74 Å². The lowest BCUT2D eigenvalue weighted by Crippen LogP contribution is -2.35. The van der Waals surface area contributed by atoms with Crippen molar-refractivity contribution >= 4 is 10.0 Å². The first-order valence-corrected chi connectivity index (χ1v) is 8.54. The maximum Gasteiger partial charge on any atom is 0.246 e. The van der Waals surface area contributed by atoms with Crippen LogP contribution in [0.1, 0.15) is 32.2 Å². The first-order valence-electron chi connectivity index (χ1n) is 7.10. The summed E-state index contributed by atoms with van der Waals surface area (Å²) in [5.74, 6) is 0. The number of H-pyrrole nitrogens is 1. The molecule has 0 aliphatic carbocycles. The highest BCUT2D eigenvalue weighted by Crippen LogP contribution is 2.22. The highest BCUT2D eigenvalue weighted by atomic mass is 32.2. The second-order valence-corrected chi connectivity index (χ2v) is 7.02. The predicted molar refractivity (Wildman–Crippen MR) is 81.6 cm³/mol. The number of methoxy groups -OCH3 is 1. The number of ether oxygens (including phenoxy) is 1. The Kier molecular flexibility index (Phi) is 6.79. The van der Waals surface area contributed by atoms with Crippen LogP contribution in [0.15, 0.2) is 4.90 Å². The van der Waals surface area contributed by atoms with E-state index in [-0.39, 0.29) is 10.9 Å². The fourth-order valence-electron chi connectivity index (χ4n) is 2.00. The van der Waals surface area contributed by atoms with E-state index < -0.39 is 10.0 Å². The molecule has 0 aliphatic heterocycles. The normalized spacial score (nSPS) is 12.5. The van der Waals surface area contributed by atoms with Crippen molar-refractivity contribution in [1.29, 1.82) is 0 Å². The van der Waals surface area contributed by atoms with Crippen molar-refractivity contribution in [2.45, 2.75) is 45.2 Å². The highest BCUT2D eigenvalue weighted by Gasteiger charge is 2.29.